The van der Waals surface area contributed by atoms with Crippen molar-refractivity contribution in [2.45, 2.75) is 21.0 Å². The Balaban J connectivity index is 0.000000228. The van der Waals surface area contributed by atoms with Crippen LogP contribution in [-0.2, 0) is 18.9 Å². The summed E-state index contributed by atoms with van der Waals surface area (Å²) in [5, 5.41) is 10.4. The number of rotatable bonds is 8. The van der Waals surface area contributed by atoms with Crippen molar-refractivity contribution >= 4 is 95.1 Å². The van der Waals surface area contributed by atoms with E-state index in [0.717, 1.165) is 15.3 Å². The second kappa shape index (κ2) is 20.3. The molecule has 4 rings (SSSR count). The van der Waals surface area contributed by atoms with Gasteiger partial charge in [0.15, 0.2) is 12.6 Å². The third kappa shape index (κ3) is 14.3. The van der Waals surface area contributed by atoms with Gasteiger partial charge < -0.3 is 18.9 Å². The number of thioether (sulfide) groups is 1. The highest BCUT2D eigenvalue weighted by Crippen LogP contribution is 2.25. The molecule has 4 aromatic heterocycles. The summed E-state index contributed by atoms with van der Waals surface area (Å²) >= 11 is 16.0. The lowest BCUT2D eigenvalue weighted by Gasteiger charge is -2.11. The van der Waals surface area contributed by atoms with Crippen molar-refractivity contribution in [1.82, 2.24) is 0 Å². The Morgan fingerprint density at radius 2 is 1.36 bits per heavy atom. The number of fused-ring (bicyclic) bond motifs is 1. The SMILES string of the molecule is COC(CBr)OC.COC(CSc1cccs1)OC.Sc1cccs1.c1cc2ccsc2s1. The Hall–Kier alpha value is 0.0800. The number of halogens is 1. The lowest BCUT2D eigenvalue weighted by atomic mass is 10.4. The first-order valence-electron chi connectivity index (χ1n) is 9.54. The van der Waals surface area contributed by atoms with Gasteiger partial charge in [-0.1, -0.05) is 28.1 Å². The standard InChI is InChI=1S/C8H12O2S2.C6H4S2.C4H9BrO2.C4H4S2/c1-9-7(10-2)6-12-8-4-3-5-11-8;1-3-7-6-5(1)2-4-8-6;1-6-4(3-5)7-2;5-4-2-1-3-6-4/h3-5,7H,6H2,1-2H3;1-4H;4H,3H2,1-2H3;1-3,5H. The zero-order chi connectivity index (χ0) is 24.3. The average Bonchev–Trinajstić information content (AvgIpc) is 3.63. The highest BCUT2D eigenvalue weighted by Gasteiger charge is 2.05. The second-order valence-corrected chi connectivity index (χ2v) is 12.5. The van der Waals surface area contributed by atoms with Gasteiger partial charge in [-0.25, -0.2) is 0 Å². The molecule has 11 heteroatoms. The normalized spacial score (nSPS) is 10.3. The lowest BCUT2D eigenvalue weighted by molar-refractivity contribution is -0.0842. The molecule has 0 saturated carbocycles. The molecule has 0 unspecified atom stereocenters. The molecule has 0 spiro atoms. The van der Waals surface area contributed by atoms with Crippen molar-refractivity contribution in [3.8, 4) is 0 Å². The molecule has 0 radical (unpaired) electrons. The van der Waals surface area contributed by atoms with Crippen LogP contribution in [0, 0.1) is 0 Å². The number of thiol groups is 1. The quantitative estimate of drug-likeness (QED) is 0.0916. The van der Waals surface area contributed by atoms with Gasteiger partial charge in [0.2, 0.25) is 0 Å². The third-order valence-electron chi connectivity index (χ3n) is 3.62. The van der Waals surface area contributed by atoms with Crippen LogP contribution in [0.4, 0.5) is 0 Å². The molecule has 4 aromatic rings. The van der Waals surface area contributed by atoms with Gasteiger partial charge in [0.25, 0.3) is 0 Å². The van der Waals surface area contributed by atoms with Crippen LogP contribution in [0.25, 0.3) is 9.40 Å². The Bertz CT molecular complexity index is 846. The largest absolute Gasteiger partial charge is 0.355 e. The van der Waals surface area contributed by atoms with Crippen molar-refractivity contribution in [1.29, 1.82) is 0 Å². The molecule has 0 saturated heterocycles. The Labute approximate surface area is 230 Å². The molecule has 33 heavy (non-hydrogen) atoms. The highest BCUT2D eigenvalue weighted by molar-refractivity contribution is 9.09. The number of alkyl halides is 1. The summed E-state index contributed by atoms with van der Waals surface area (Å²) in [7, 11) is 6.52. The molecule has 0 fully saturated rings. The molecule has 4 nitrogen and oxygen atoms in total. The van der Waals surface area contributed by atoms with E-state index in [1.165, 1.54) is 13.6 Å². The van der Waals surface area contributed by atoms with Crippen LogP contribution in [0.3, 0.4) is 0 Å². The monoisotopic (exact) mass is 628 g/mol. The maximum Gasteiger partial charge on any atom is 0.166 e. The van der Waals surface area contributed by atoms with E-state index in [1.54, 1.807) is 62.9 Å². The summed E-state index contributed by atoms with van der Waals surface area (Å²) in [6.45, 7) is 0. The number of methoxy groups -OCH3 is 4. The first-order valence-corrected chi connectivity index (χ1v) is 15.6. The van der Waals surface area contributed by atoms with Gasteiger partial charge in [0, 0.05) is 33.8 Å². The van der Waals surface area contributed by atoms with Crippen LogP contribution in [0.15, 0.2) is 66.3 Å². The van der Waals surface area contributed by atoms with Crippen molar-refractivity contribution in [2.75, 3.05) is 39.5 Å². The topological polar surface area (TPSA) is 36.9 Å². The molecule has 4 heterocycles. The maximum atomic E-state index is 5.06. The van der Waals surface area contributed by atoms with E-state index in [1.807, 2.05) is 46.3 Å². The molecule has 0 aliphatic heterocycles. The van der Waals surface area contributed by atoms with E-state index < -0.39 is 0 Å². The zero-order valence-corrected chi connectivity index (χ0v) is 25.4. The number of ether oxygens (including phenoxy) is 4. The molecule has 0 bridgehead atoms. The predicted octanol–water partition coefficient (Wildman–Crippen LogP) is 8.46. The highest BCUT2D eigenvalue weighted by atomic mass is 79.9. The lowest BCUT2D eigenvalue weighted by Crippen LogP contribution is -2.15. The minimum Gasteiger partial charge on any atom is -0.355 e. The predicted molar refractivity (Wildman–Crippen MR) is 156 cm³/mol. The van der Waals surface area contributed by atoms with Crippen LogP contribution >= 0.6 is 85.7 Å². The summed E-state index contributed by atoms with van der Waals surface area (Å²) < 4.78 is 23.5. The molecule has 0 amide bonds. The van der Waals surface area contributed by atoms with Crippen molar-refractivity contribution < 1.29 is 18.9 Å². The van der Waals surface area contributed by atoms with Crippen LogP contribution in [-0.4, -0.2) is 52.1 Å². The van der Waals surface area contributed by atoms with Gasteiger partial charge in [-0.2, -0.15) is 0 Å². The molecule has 0 atom stereocenters. The van der Waals surface area contributed by atoms with Crippen LogP contribution in [0.2, 0.25) is 0 Å². The molecule has 0 N–H and O–H groups in total. The fourth-order valence-corrected chi connectivity index (χ4v) is 6.78. The second-order valence-electron chi connectivity index (χ2n) is 5.73. The Morgan fingerprint density at radius 1 is 0.788 bits per heavy atom. The van der Waals surface area contributed by atoms with Gasteiger partial charge in [-0.3, -0.25) is 0 Å². The molecular formula is C22H29BrO4S6. The minimum absolute atomic E-state index is 0.0972. The zero-order valence-electron chi connectivity index (χ0n) is 18.8. The van der Waals surface area contributed by atoms with E-state index in [-0.39, 0.29) is 12.6 Å². The molecule has 184 valence electrons. The van der Waals surface area contributed by atoms with E-state index in [2.05, 4.69) is 62.9 Å². The van der Waals surface area contributed by atoms with Crippen LogP contribution in [0.5, 0.6) is 0 Å². The van der Waals surface area contributed by atoms with Crippen molar-refractivity contribution in [3.63, 3.8) is 0 Å². The first kappa shape index (κ1) is 31.1. The number of thiophene rings is 4. The van der Waals surface area contributed by atoms with Gasteiger partial charge in [-0.05, 0) is 45.8 Å². The van der Waals surface area contributed by atoms with E-state index >= 15 is 0 Å². The van der Waals surface area contributed by atoms with Gasteiger partial charge in [0.1, 0.15) is 0 Å². The number of hydrogen-bond donors (Lipinski definition) is 1. The fraction of sp³-hybridized carbons (Fsp3) is 0.364. The van der Waals surface area contributed by atoms with Gasteiger partial charge >= 0.3 is 0 Å². The molecule has 0 aliphatic carbocycles. The molecule has 0 aromatic carbocycles. The third-order valence-corrected chi connectivity index (χ3v) is 9.47. The summed E-state index contributed by atoms with van der Waals surface area (Å²) in [4.78, 5) is 0. The summed E-state index contributed by atoms with van der Waals surface area (Å²) in [5.74, 6) is 0.841. The van der Waals surface area contributed by atoms with Gasteiger partial charge in [-0.15, -0.1) is 69.7 Å². The van der Waals surface area contributed by atoms with Crippen molar-refractivity contribution in [2.24, 2.45) is 0 Å². The average molecular weight is 630 g/mol. The number of hydrogen-bond acceptors (Lipinski definition) is 10. The summed E-state index contributed by atoms with van der Waals surface area (Å²) in [6, 6.07) is 12.4. The summed E-state index contributed by atoms with van der Waals surface area (Å²) in [5.41, 5.74) is 0. The maximum absolute atomic E-state index is 5.06. The minimum atomic E-state index is -0.0999. The Kier molecular flexibility index (Phi) is 19.1. The first-order chi connectivity index (χ1) is 16.1. The summed E-state index contributed by atoms with van der Waals surface area (Å²) in [6.07, 6.45) is -0.197. The van der Waals surface area contributed by atoms with Crippen molar-refractivity contribution in [3.05, 3.63) is 57.9 Å². The molecular weight excluding hydrogens is 601 g/mol. The van der Waals surface area contributed by atoms with E-state index in [9.17, 15) is 0 Å². The Morgan fingerprint density at radius 3 is 1.70 bits per heavy atom. The fourth-order valence-electron chi connectivity index (χ4n) is 1.91. The van der Waals surface area contributed by atoms with Crippen LogP contribution in [0.1, 0.15) is 0 Å². The van der Waals surface area contributed by atoms with E-state index in [4.69, 9.17) is 18.9 Å². The smallest absolute Gasteiger partial charge is 0.166 e. The van der Waals surface area contributed by atoms with E-state index in [0.29, 0.717) is 0 Å². The molecule has 0 aliphatic rings. The van der Waals surface area contributed by atoms with Gasteiger partial charge in [0.05, 0.1) is 23.5 Å². The van der Waals surface area contributed by atoms with Crippen LogP contribution < -0.4 is 0 Å².